The van der Waals surface area contributed by atoms with Crippen molar-refractivity contribution >= 4 is 29.2 Å². The summed E-state index contributed by atoms with van der Waals surface area (Å²) >= 11 is 5.85. The van der Waals surface area contributed by atoms with Gasteiger partial charge in [0.2, 0.25) is 5.88 Å². The first kappa shape index (κ1) is 26.0. The second kappa shape index (κ2) is 10.1. The maximum atomic E-state index is 13.0. The van der Waals surface area contributed by atoms with E-state index in [1.165, 1.54) is 18.5 Å². The molecule has 12 heteroatoms. The highest BCUT2D eigenvalue weighted by atomic mass is 35.5. The van der Waals surface area contributed by atoms with Crippen LogP contribution in [0.4, 0.5) is 19.0 Å². The number of amides is 2. The molecule has 2 aromatic heterocycles. The molecule has 8 nitrogen and oxygen atoms in total. The lowest BCUT2D eigenvalue weighted by atomic mass is 9.96. The molecule has 2 N–H and O–H groups in total. The minimum atomic E-state index is -4.48. The van der Waals surface area contributed by atoms with Crippen LogP contribution in [0.3, 0.4) is 0 Å². The first-order chi connectivity index (χ1) is 16.9. The van der Waals surface area contributed by atoms with E-state index >= 15 is 0 Å². The molecule has 4 heterocycles. The number of nitrogens with zero attached hydrogens (tertiary/aromatic N) is 3. The standard InChI is InChI=1S/C24H27ClF3N5O3/c1-23(2,36-20-8-4-15(25)12-30-20)22(35)32-16-9-17-5-6-18(10-16)33(17)19-7-3-14(11-29-19)21(34)31-13-24(26,27)28/h3-4,7-8,11-12,16-18H,5-6,9-10,13H2,1-2H3,(H,31,34)(H,32,35). The highest BCUT2D eigenvalue weighted by Crippen LogP contribution is 2.38. The zero-order valence-corrected chi connectivity index (χ0v) is 20.6. The molecule has 2 unspecified atom stereocenters. The third kappa shape index (κ3) is 6.18. The lowest BCUT2D eigenvalue weighted by Crippen LogP contribution is -2.55. The molecule has 2 fully saturated rings. The molecule has 4 rings (SSSR count). The van der Waals surface area contributed by atoms with Gasteiger partial charge >= 0.3 is 6.18 Å². The molecule has 2 saturated heterocycles. The number of piperidine rings is 1. The Kier molecular flexibility index (Phi) is 7.31. The number of carbonyl (C=O) groups excluding carboxylic acids is 2. The van der Waals surface area contributed by atoms with Crippen LogP contribution in [0.25, 0.3) is 0 Å². The SMILES string of the molecule is CC(C)(Oc1ccc(Cl)cn1)C(=O)NC1CC2CCC(C1)N2c1ccc(C(=O)NCC(F)(F)F)cn1. The van der Waals surface area contributed by atoms with Crippen LogP contribution in [-0.4, -0.2) is 58.2 Å². The first-order valence-electron chi connectivity index (χ1n) is 11.6. The molecule has 2 bridgehead atoms. The Balaban J connectivity index is 1.34. The Morgan fingerprint density at radius 3 is 2.33 bits per heavy atom. The van der Waals surface area contributed by atoms with Crippen LogP contribution in [0, 0.1) is 0 Å². The number of aromatic nitrogens is 2. The van der Waals surface area contributed by atoms with Gasteiger partial charge in [-0.3, -0.25) is 9.59 Å². The third-order valence-electron chi connectivity index (χ3n) is 6.40. The van der Waals surface area contributed by atoms with E-state index in [1.54, 1.807) is 32.0 Å². The predicted octanol–water partition coefficient (Wildman–Crippen LogP) is 3.90. The van der Waals surface area contributed by atoms with Gasteiger partial charge in [0.15, 0.2) is 5.60 Å². The second-order valence-electron chi connectivity index (χ2n) is 9.56. The van der Waals surface area contributed by atoms with Crippen LogP contribution in [-0.2, 0) is 4.79 Å². The Bertz CT molecular complexity index is 1080. The van der Waals surface area contributed by atoms with Crippen LogP contribution in [0.1, 0.15) is 49.9 Å². The van der Waals surface area contributed by atoms with E-state index in [0.717, 1.165) is 12.8 Å². The smallest absolute Gasteiger partial charge is 0.405 e. The Morgan fingerprint density at radius 1 is 1.08 bits per heavy atom. The summed E-state index contributed by atoms with van der Waals surface area (Å²) in [7, 11) is 0. The van der Waals surface area contributed by atoms with Gasteiger partial charge in [0.1, 0.15) is 12.4 Å². The fourth-order valence-corrected chi connectivity index (χ4v) is 4.83. The van der Waals surface area contributed by atoms with Gasteiger partial charge in [-0.15, -0.1) is 0 Å². The largest absolute Gasteiger partial charge is 0.462 e. The Morgan fingerprint density at radius 2 is 1.78 bits per heavy atom. The first-order valence-corrected chi connectivity index (χ1v) is 12.0. The fraction of sp³-hybridized carbons (Fsp3) is 0.500. The molecule has 0 aliphatic carbocycles. The fourth-order valence-electron chi connectivity index (χ4n) is 4.71. The van der Waals surface area contributed by atoms with Crippen LogP contribution >= 0.6 is 11.6 Å². The van der Waals surface area contributed by atoms with Gasteiger partial charge in [-0.05, 0) is 57.7 Å². The molecule has 0 aromatic carbocycles. The van der Waals surface area contributed by atoms with Crippen molar-refractivity contribution in [1.29, 1.82) is 0 Å². The lowest BCUT2D eigenvalue weighted by Gasteiger charge is -2.40. The predicted molar refractivity (Wildman–Crippen MR) is 127 cm³/mol. The molecular formula is C24H27ClF3N5O3. The van der Waals surface area contributed by atoms with Gasteiger partial charge in [0.25, 0.3) is 11.8 Å². The monoisotopic (exact) mass is 525 g/mol. The maximum absolute atomic E-state index is 13.0. The van der Waals surface area contributed by atoms with Gasteiger partial charge in [0.05, 0.1) is 10.6 Å². The summed E-state index contributed by atoms with van der Waals surface area (Å²) in [6, 6.07) is 6.63. The van der Waals surface area contributed by atoms with E-state index in [9.17, 15) is 22.8 Å². The van der Waals surface area contributed by atoms with E-state index in [2.05, 4.69) is 20.2 Å². The molecule has 0 radical (unpaired) electrons. The summed E-state index contributed by atoms with van der Waals surface area (Å²) in [5.41, 5.74) is -1.07. The summed E-state index contributed by atoms with van der Waals surface area (Å²) in [4.78, 5) is 35.5. The van der Waals surface area contributed by atoms with Gasteiger partial charge in [-0.1, -0.05) is 11.6 Å². The van der Waals surface area contributed by atoms with Crippen molar-refractivity contribution in [2.45, 2.75) is 69.4 Å². The molecule has 2 aromatic rings. The maximum Gasteiger partial charge on any atom is 0.405 e. The molecule has 0 spiro atoms. The van der Waals surface area contributed by atoms with Gasteiger partial charge < -0.3 is 20.3 Å². The Labute approximate surface area is 211 Å². The molecular weight excluding hydrogens is 499 g/mol. The number of hydrogen-bond acceptors (Lipinski definition) is 6. The molecule has 2 aliphatic rings. The average molecular weight is 526 g/mol. The zero-order valence-electron chi connectivity index (χ0n) is 19.8. The molecule has 2 aliphatic heterocycles. The average Bonchev–Trinajstić information content (AvgIpc) is 3.08. The van der Waals surface area contributed by atoms with E-state index in [4.69, 9.17) is 16.3 Å². The van der Waals surface area contributed by atoms with Crippen molar-refractivity contribution in [2.24, 2.45) is 0 Å². The summed E-state index contributed by atoms with van der Waals surface area (Å²) in [6.07, 6.45) is 1.56. The van der Waals surface area contributed by atoms with E-state index in [1.807, 2.05) is 5.32 Å². The van der Waals surface area contributed by atoms with Crippen LogP contribution in [0.5, 0.6) is 5.88 Å². The zero-order chi connectivity index (χ0) is 26.1. The Hall–Kier alpha value is -3.08. The topological polar surface area (TPSA) is 96.5 Å². The van der Waals surface area contributed by atoms with Crippen molar-refractivity contribution in [2.75, 3.05) is 11.4 Å². The number of rotatable bonds is 7. The van der Waals surface area contributed by atoms with E-state index in [-0.39, 0.29) is 29.6 Å². The number of alkyl halides is 3. The quantitative estimate of drug-likeness (QED) is 0.569. The number of hydrogen-bond donors (Lipinski definition) is 2. The molecule has 194 valence electrons. The summed E-state index contributed by atoms with van der Waals surface area (Å²) in [6.45, 7) is 1.96. The minimum Gasteiger partial charge on any atom is -0.462 e. The number of halogens is 4. The summed E-state index contributed by atoms with van der Waals surface area (Å²) in [5, 5.41) is 5.42. The molecule has 0 saturated carbocycles. The van der Waals surface area contributed by atoms with E-state index in [0.29, 0.717) is 29.6 Å². The van der Waals surface area contributed by atoms with Crippen LogP contribution in [0.2, 0.25) is 5.02 Å². The minimum absolute atomic E-state index is 0.0419. The van der Waals surface area contributed by atoms with Crippen LogP contribution in [0.15, 0.2) is 36.7 Å². The third-order valence-corrected chi connectivity index (χ3v) is 6.62. The summed E-state index contributed by atoms with van der Waals surface area (Å²) < 4.78 is 42.8. The second-order valence-corrected chi connectivity index (χ2v) is 10.0. The summed E-state index contributed by atoms with van der Waals surface area (Å²) in [5.74, 6) is -0.105. The molecule has 2 amide bonds. The van der Waals surface area contributed by atoms with Crippen molar-refractivity contribution in [3.05, 3.63) is 47.2 Å². The number of anilines is 1. The van der Waals surface area contributed by atoms with E-state index < -0.39 is 24.2 Å². The number of pyridine rings is 2. The number of fused-ring (bicyclic) bond motifs is 2. The van der Waals surface area contributed by atoms with Crippen LogP contribution < -0.4 is 20.3 Å². The normalized spacial score (nSPS) is 21.7. The molecule has 36 heavy (non-hydrogen) atoms. The highest BCUT2D eigenvalue weighted by Gasteiger charge is 2.43. The van der Waals surface area contributed by atoms with Crippen molar-refractivity contribution < 1.29 is 27.5 Å². The lowest BCUT2D eigenvalue weighted by molar-refractivity contribution is -0.135. The number of ether oxygens (including phenoxy) is 1. The van der Waals surface area contributed by atoms with Crippen molar-refractivity contribution in [3.63, 3.8) is 0 Å². The van der Waals surface area contributed by atoms with Crippen molar-refractivity contribution in [3.8, 4) is 5.88 Å². The van der Waals surface area contributed by atoms with Gasteiger partial charge in [-0.2, -0.15) is 13.2 Å². The highest BCUT2D eigenvalue weighted by molar-refractivity contribution is 6.30. The molecule has 2 atom stereocenters. The number of carbonyl (C=O) groups is 2. The van der Waals surface area contributed by atoms with Gasteiger partial charge in [0, 0.05) is 36.6 Å². The van der Waals surface area contributed by atoms with Gasteiger partial charge in [-0.25, -0.2) is 9.97 Å². The number of nitrogens with one attached hydrogen (secondary N) is 2. The van der Waals surface area contributed by atoms with Crippen molar-refractivity contribution in [1.82, 2.24) is 20.6 Å².